The first-order valence-electron chi connectivity index (χ1n) is 6.31. The lowest BCUT2D eigenvalue weighted by Gasteiger charge is -2.07. The van der Waals surface area contributed by atoms with E-state index in [4.69, 9.17) is 11.6 Å². The van der Waals surface area contributed by atoms with Crippen LogP contribution in [0.5, 0.6) is 0 Å². The number of thioether (sulfide) groups is 1. The Hall–Kier alpha value is -2.05. The molecule has 0 atom stereocenters. The number of ether oxygens (including phenoxy) is 1. The normalized spacial score (nSPS) is 10.1. The van der Waals surface area contributed by atoms with Crippen LogP contribution in [0.4, 0.5) is 5.69 Å². The van der Waals surface area contributed by atoms with E-state index in [-0.39, 0.29) is 11.7 Å². The molecule has 22 heavy (non-hydrogen) atoms. The molecule has 2 aromatic rings. The number of methoxy groups -OCH3 is 1. The van der Waals surface area contributed by atoms with Gasteiger partial charge in [-0.15, -0.1) is 0 Å². The summed E-state index contributed by atoms with van der Waals surface area (Å²) in [5.74, 6) is -0.501. The van der Waals surface area contributed by atoms with Gasteiger partial charge in [0, 0.05) is 11.9 Å². The Morgan fingerprint density at radius 1 is 1.32 bits per heavy atom. The molecule has 0 saturated heterocycles. The Morgan fingerprint density at radius 2 is 2.14 bits per heavy atom. The number of pyridine rings is 1. The zero-order valence-electron chi connectivity index (χ0n) is 11.7. The number of carbonyl (C=O) groups excluding carboxylic acids is 2. The van der Waals surface area contributed by atoms with Gasteiger partial charge in [0.2, 0.25) is 5.91 Å². The third-order valence-electron chi connectivity index (χ3n) is 2.63. The van der Waals surface area contributed by atoms with Gasteiger partial charge in [-0.1, -0.05) is 29.4 Å². The SMILES string of the molecule is COC(=O)c1cccc(NC(=O)CSc2ncccc2Cl)c1. The maximum absolute atomic E-state index is 11.9. The summed E-state index contributed by atoms with van der Waals surface area (Å²) in [7, 11) is 1.31. The molecule has 0 bridgehead atoms. The predicted octanol–water partition coefficient (Wildman–Crippen LogP) is 3.25. The Labute approximate surface area is 137 Å². The van der Waals surface area contributed by atoms with Crippen LogP contribution in [0.2, 0.25) is 5.02 Å². The molecule has 1 amide bonds. The molecule has 7 heteroatoms. The van der Waals surface area contributed by atoms with Gasteiger partial charge in [-0.2, -0.15) is 0 Å². The molecular formula is C15H13ClN2O3S. The predicted molar refractivity (Wildman–Crippen MR) is 86.4 cm³/mol. The van der Waals surface area contributed by atoms with E-state index < -0.39 is 5.97 Å². The molecule has 1 aromatic carbocycles. The number of amides is 1. The van der Waals surface area contributed by atoms with Crippen molar-refractivity contribution >= 4 is 40.9 Å². The highest BCUT2D eigenvalue weighted by atomic mass is 35.5. The van der Waals surface area contributed by atoms with Crippen LogP contribution in [0.15, 0.2) is 47.6 Å². The molecule has 2 rings (SSSR count). The quantitative estimate of drug-likeness (QED) is 0.670. The minimum atomic E-state index is -0.453. The second-order valence-corrected chi connectivity index (χ2v) is 5.57. The molecule has 0 aliphatic heterocycles. The van der Waals surface area contributed by atoms with Crippen LogP contribution in [-0.2, 0) is 9.53 Å². The number of rotatable bonds is 5. The van der Waals surface area contributed by atoms with Crippen molar-refractivity contribution in [2.75, 3.05) is 18.2 Å². The van der Waals surface area contributed by atoms with Crippen molar-refractivity contribution in [3.63, 3.8) is 0 Å². The van der Waals surface area contributed by atoms with Gasteiger partial charge in [0.25, 0.3) is 0 Å². The van der Waals surface area contributed by atoms with Gasteiger partial charge in [0.05, 0.1) is 23.4 Å². The highest BCUT2D eigenvalue weighted by molar-refractivity contribution is 8.00. The lowest BCUT2D eigenvalue weighted by atomic mass is 10.2. The lowest BCUT2D eigenvalue weighted by Crippen LogP contribution is -2.14. The van der Waals surface area contributed by atoms with Crippen LogP contribution in [0, 0.1) is 0 Å². The van der Waals surface area contributed by atoms with Crippen molar-refractivity contribution in [3.8, 4) is 0 Å². The van der Waals surface area contributed by atoms with E-state index in [0.29, 0.717) is 21.3 Å². The first-order valence-corrected chi connectivity index (χ1v) is 7.68. The number of halogens is 1. The fourth-order valence-corrected chi connectivity index (χ4v) is 2.62. The molecule has 1 aromatic heterocycles. The number of carbonyl (C=O) groups is 2. The standard InChI is InChI=1S/C15H13ClN2O3S/c1-21-15(20)10-4-2-5-11(8-10)18-13(19)9-22-14-12(16)6-3-7-17-14/h2-8H,9H2,1H3,(H,18,19). The van der Waals surface area contributed by atoms with Crippen LogP contribution < -0.4 is 5.32 Å². The number of esters is 1. The van der Waals surface area contributed by atoms with E-state index in [1.54, 1.807) is 42.6 Å². The number of aromatic nitrogens is 1. The molecule has 114 valence electrons. The Balaban J connectivity index is 1.95. The summed E-state index contributed by atoms with van der Waals surface area (Å²) in [6, 6.07) is 9.98. The van der Waals surface area contributed by atoms with Gasteiger partial charge in [-0.05, 0) is 30.3 Å². The van der Waals surface area contributed by atoms with E-state index in [2.05, 4.69) is 15.0 Å². The van der Waals surface area contributed by atoms with Crippen LogP contribution in [0.3, 0.4) is 0 Å². The summed E-state index contributed by atoms with van der Waals surface area (Å²) in [5.41, 5.74) is 0.904. The van der Waals surface area contributed by atoms with Crippen molar-refractivity contribution in [2.24, 2.45) is 0 Å². The third-order valence-corrected chi connectivity index (χ3v) is 4.05. The molecular weight excluding hydrogens is 324 g/mol. The molecule has 0 saturated carbocycles. The smallest absolute Gasteiger partial charge is 0.337 e. The Morgan fingerprint density at radius 3 is 2.86 bits per heavy atom. The van der Waals surface area contributed by atoms with Crippen molar-refractivity contribution < 1.29 is 14.3 Å². The molecule has 1 N–H and O–H groups in total. The van der Waals surface area contributed by atoms with Crippen molar-refractivity contribution in [1.82, 2.24) is 4.98 Å². The van der Waals surface area contributed by atoms with Gasteiger partial charge in [-0.3, -0.25) is 4.79 Å². The zero-order valence-corrected chi connectivity index (χ0v) is 13.3. The minimum Gasteiger partial charge on any atom is -0.465 e. The van der Waals surface area contributed by atoms with E-state index in [0.717, 1.165) is 0 Å². The molecule has 1 heterocycles. The van der Waals surface area contributed by atoms with Crippen LogP contribution >= 0.6 is 23.4 Å². The average Bonchev–Trinajstić information content (AvgIpc) is 2.53. The molecule has 0 unspecified atom stereocenters. The number of hydrogen-bond donors (Lipinski definition) is 1. The summed E-state index contributed by atoms with van der Waals surface area (Å²) in [5, 5.41) is 3.82. The summed E-state index contributed by atoms with van der Waals surface area (Å²) in [4.78, 5) is 27.5. The molecule has 5 nitrogen and oxygen atoms in total. The van der Waals surface area contributed by atoms with E-state index in [9.17, 15) is 9.59 Å². The second-order valence-electron chi connectivity index (χ2n) is 4.20. The zero-order chi connectivity index (χ0) is 15.9. The van der Waals surface area contributed by atoms with Crippen LogP contribution in [0.25, 0.3) is 0 Å². The maximum Gasteiger partial charge on any atom is 0.337 e. The van der Waals surface area contributed by atoms with E-state index >= 15 is 0 Å². The summed E-state index contributed by atoms with van der Waals surface area (Å²) >= 11 is 7.22. The van der Waals surface area contributed by atoms with Gasteiger partial charge in [0.15, 0.2) is 0 Å². The van der Waals surface area contributed by atoms with Crippen molar-refractivity contribution in [1.29, 1.82) is 0 Å². The number of nitrogens with zero attached hydrogens (tertiary/aromatic N) is 1. The molecule has 0 aliphatic rings. The maximum atomic E-state index is 11.9. The first-order chi connectivity index (χ1) is 10.6. The Kier molecular flexibility index (Phi) is 5.80. The highest BCUT2D eigenvalue weighted by Gasteiger charge is 2.09. The molecule has 0 fully saturated rings. The first kappa shape index (κ1) is 16.3. The summed E-state index contributed by atoms with van der Waals surface area (Å²) in [6.45, 7) is 0. The fourth-order valence-electron chi connectivity index (χ4n) is 1.65. The van der Waals surface area contributed by atoms with Crippen molar-refractivity contribution in [2.45, 2.75) is 5.03 Å². The molecule has 0 spiro atoms. The van der Waals surface area contributed by atoms with E-state index in [1.165, 1.54) is 18.9 Å². The van der Waals surface area contributed by atoms with Gasteiger partial charge in [0.1, 0.15) is 5.03 Å². The van der Waals surface area contributed by atoms with Crippen LogP contribution in [-0.4, -0.2) is 29.7 Å². The second kappa shape index (κ2) is 7.82. The number of nitrogens with one attached hydrogen (secondary N) is 1. The topological polar surface area (TPSA) is 68.3 Å². The average molecular weight is 337 g/mol. The number of benzene rings is 1. The molecule has 0 aliphatic carbocycles. The largest absolute Gasteiger partial charge is 0.465 e. The van der Waals surface area contributed by atoms with Gasteiger partial charge in [-0.25, -0.2) is 9.78 Å². The third kappa shape index (κ3) is 4.47. The minimum absolute atomic E-state index is 0.166. The van der Waals surface area contributed by atoms with Gasteiger partial charge < -0.3 is 10.1 Å². The monoisotopic (exact) mass is 336 g/mol. The number of hydrogen-bond acceptors (Lipinski definition) is 5. The molecule has 0 radical (unpaired) electrons. The Bertz CT molecular complexity index is 694. The summed E-state index contributed by atoms with van der Waals surface area (Å²) in [6.07, 6.45) is 1.62. The lowest BCUT2D eigenvalue weighted by molar-refractivity contribution is -0.113. The fraction of sp³-hybridized carbons (Fsp3) is 0.133. The van der Waals surface area contributed by atoms with Crippen molar-refractivity contribution in [3.05, 3.63) is 53.2 Å². The van der Waals surface area contributed by atoms with Crippen LogP contribution in [0.1, 0.15) is 10.4 Å². The summed E-state index contributed by atoms with van der Waals surface area (Å²) < 4.78 is 4.64. The van der Waals surface area contributed by atoms with E-state index in [1.807, 2.05) is 0 Å². The number of anilines is 1. The van der Waals surface area contributed by atoms with Gasteiger partial charge >= 0.3 is 5.97 Å². The highest BCUT2D eigenvalue weighted by Crippen LogP contribution is 2.24.